The standard InChI is InChI=1S/C25H29N3O2/c1-14(2)11-26-19-10-20(28-12-15(3)9-16(4)13-28)23-22-21(19)24(29)17-7-5-6-8-18(17)25(22)30-27-23/h5-8,10,14-16,26H,9,11-13H2,1-4H3. The van der Waals surface area contributed by atoms with Crippen molar-refractivity contribution in [3.63, 3.8) is 0 Å². The number of carbonyl (C=O) groups excluding carboxylic acids is 1. The van der Waals surface area contributed by atoms with Gasteiger partial charge in [0.2, 0.25) is 0 Å². The molecule has 2 aliphatic rings. The Morgan fingerprint density at radius 2 is 1.87 bits per heavy atom. The molecule has 1 aliphatic heterocycles. The van der Waals surface area contributed by atoms with Gasteiger partial charge in [-0.15, -0.1) is 0 Å². The number of hydrogen-bond acceptors (Lipinski definition) is 5. The fourth-order valence-corrected chi connectivity index (χ4v) is 5.10. The number of piperidine rings is 1. The first kappa shape index (κ1) is 19.2. The third kappa shape index (κ3) is 2.99. The van der Waals surface area contributed by atoms with Gasteiger partial charge in [0.1, 0.15) is 5.52 Å². The molecular weight excluding hydrogens is 374 g/mol. The van der Waals surface area contributed by atoms with Crippen LogP contribution in [0.4, 0.5) is 11.4 Å². The van der Waals surface area contributed by atoms with E-state index in [1.807, 2.05) is 24.3 Å². The van der Waals surface area contributed by atoms with Crippen molar-refractivity contribution in [1.29, 1.82) is 0 Å². The average molecular weight is 404 g/mol. The Kier molecular flexibility index (Phi) is 4.57. The normalized spacial score (nSPS) is 20.7. The van der Waals surface area contributed by atoms with Gasteiger partial charge < -0.3 is 14.7 Å². The number of ketones is 1. The molecule has 5 heteroatoms. The van der Waals surface area contributed by atoms with Gasteiger partial charge in [-0.05, 0) is 30.2 Å². The Bertz CT molecular complexity index is 1120. The number of anilines is 2. The van der Waals surface area contributed by atoms with E-state index in [4.69, 9.17) is 4.52 Å². The summed E-state index contributed by atoms with van der Waals surface area (Å²) < 4.78 is 5.88. The number of nitrogens with zero attached hydrogens (tertiary/aromatic N) is 2. The van der Waals surface area contributed by atoms with Crippen molar-refractivity contribution in [3.05, 3.63) is 41.5 Å². The van der Waals surface area contributed by atoms with Crippen molar-refractivity contribution in [1.82, 2.24) is 5.16 Å². The number of benzene rings is 2. The van der Waals surface area contributed by atoms with Crippen LogP contribution < -0.4 is 10.2 Å². The summed E-state index contributed by atoms with van der Waals surface area (Å²) in [5.74, 6) is 2.47. The van der Waals surface area contributed by atoms with Gasteiger partial charge >= 0.3 is 0 Å². The van der Waals surface area contributed by atoms with Gasteiger partial charge in [0, 0.05) is 36.4 Å². The van der Waals surface area contributed by atoms with Crippen LogP contribution in [0.1, 0.15) is 50.0 Å². The summed E-state index contributed by atoms with van der Waals surface area (Å²) in [7, 11) is 0. The lowest BCUT2D eigenvalue weighted by Crippen LogP contribution is -2.39. The number of nitrogens with one attached hydrogen (secondary N) is 1. The van der Waals surface area contributed by atoms with Crippen molar-refractivity contribution >= 4 is 28.1 Å². The predicted octanol–water partition coefficient (Wildman–Crippen LogP) is 5.59. The lowest BCUT2D eigenvalue weighted by atomic mass is 9.85. The van der Waals surface area contributed by atoms with Crippen LogP contribution in [0.5, 0.6) is 0 Å². The Morgan fingerprint density at radius 1 is 1.17 bits per heavy atom. The van der Waals surface area contributed by atoms with Gasteiger partial charge in [-0.2, -0.15) is 0 Å². The minimum atomic E-state index is 0.0458. The van der Waals surface area contributed by atoms with Crippen molar-refractivity contribution in [2.45, 2.75) is 34.1 Å². The highest BCUT2D eigenvalue weighted by Crippen LogP contribution is 2.46. The molecule has 2 unspecified atom stereocenters. The van der Waals surface area contributed by atoms with Gasteiger partial charge in [-0.1, -0.05) is 57.1 Å². The van der Waals surface area contributed by atoms with E-state index >= 15 is 0 Å². The highest BCUT2D eigenvalue weighted by Gasteiger charge is 2.34. The topological polar surface area (TPSA) is 58.4 Å². The molecule has 1 N–H and O–H groups in total. The third-order valence-electron chi connectivity index (χ3n) is 6.29. The molecule has 30 heavy (non-hydrogen) atoms. The fraction of sp³-hybridized carbons (Fsp3) is 0.440. The summed E-state index contributed by atoms with van der Waals surface area (Å²) in [6.45, 7) is 11.8. The van der Waals surface area contributed by atoms with E-state index < -0.39 is 0 Å². The summed E-state index contributed by atoms with van der Waals surface area (Å²) in [6, 6.07) is 9.81. The summed E-state index contributed by atoms with van der Waals surface area (Å²) >= 11 is 0. The lowest BCUT2D eigenvalue weighted by Gasteiger charge is -2.37. The Labute approximate surface area is 177 Å². The first-order valence-electron chi connectivity index (χ1n) is 11.0. The predicted molar refractivity (Wildman–Crippen MR) is 121 cm³/mol. The maximum atomic E-state index is 13.5. The van der Waals surface area contributed by atoms with E-state index in [1.165, 1.54) is 6.42 Å². The second kappa shape index (κ2) is 7.15. The van der Waals surface area contributed by atoms with Crippen LogP contribution in [0, 0.1) is 17.8 Å². The molecule has 2 aromatic carbocycles. The molecule has 0 radical (unpaired) electrons. The lowest BCUT2D eigenvalue weighted by molar-refractivity contribution is 0.104. The molecule has 0 spiro atoms. The van der Waals surface area contributed by atoms with Crippen LogP contribution >= 0.6 is 0 Å². The molecule has 3 aromatic rings. The number of fused-ring (bicyclic) bond motifs is 2. The zero-order chi connectivity index (χ0) is 21.0. The average Bonchev–Trinajstić information content (AvgIpc) is 3.15. The summed E-state index contributed by atoms with van der Waals surface area (Å²) in [5.41, 5.74) is 4.98. The molecule has 5 rings (SSSR count). The molecule has 1 saturated heterocycles. The van der Waals surface area contributed by atoms with Crippen LogP contribution in [-0.2, 0) is 0 Å². The van der Waals surface area contributed by atoms with Gasteiger partial charge in [0.25, 0.3) is 0 Å². The number of hydrogen-bond donors (Lipinski definition) is 1. The highest BCUT2D eigenvalue weighted by molar-refractivity contribution is 6.28. The Morgan fingerprint density at radius 3 is 2.57 bits per heavy atom. The minimum absolute atomic E-state index is 0.0458. The largest absolute Gasteiger partial charge is 0.384 e. The van der Waals surface area contributed by atoms with Crippen LogP contribution in [0.3, 0.4) is 0 Å². The molecule has 1 aromatic heterocycles. The second-order valence-electron chi connectivity index (χ2n) is 9.55. The van der Waals surface area contributed by atoms with Crippen LogP contribution in [0.15, 0.2) is 34.9 Å². The van der Waals surface area contributed by atoms with Gasteiger partial charge in [-0.3, -0.25) is 4.79 Å². The van der Waals surface area contributed by atoms with E-state index in [9.17, 15) is 4.79 Å². The fourth-order valence-electron chi connectivity index (χ4n) is 5.10. The van der Waals surface area contributed by atoms with Gasteiger partial charge in [0.05, 0.1) is 16.6 Å². The molecule has 0 saturated carbocycles. The van der Waals surface area contributed by atoms with Crippen molar-refractivity contribution < 1.29 is 9.32 Å². The summed E-state index contributed by atoms with van der Waals surface area (Å²) in [5, 5.41) is 8.90. The SMILES string of the molecule is CC(C)CNc1cc(N2CC(C)CC(C)C2)c2noc3c2c1C(=O)c1ccccc1-3. The molecule has 1 aliphatic carbocycles. The van der Waals surface area contributed by atoms with Gasteiger partial charge in [0.15, 0.2) is 11.5 Å². The van der Waals surface area contributed by atoms with Crippen molar-refractivity contribution in [2.75, 3.05) is 29.9 Å². The molecule has 2 atom stereocenters. The summed E-state index contributed by atoms with van der Waals surface area (Å²) in [4.78, 5) is 16.0. The van der Waals surface area contributed by atoms with Crippen molar-refractivity contribution in [2.24, 2.45) is 17.8 Å². The molecule has 0 amide bonds. The number of aromatic nitrogens is 1. The molecule has 156 valence electrons. The third-order valence-corrected chi connectivity index (χ3v) is 6.29. The number of rotatable bonds is 4. The van der Waals surface area contributed by atoms with Gasteiger partial charge in [-0.25, -0.2) is 0 Å². The Hall–Kier alpha value is -2.82. The van der Waals surface area contributed by atoms with Crippen LogP contribution in [0.25, 0.3) is 22.2 Å². The summed E-state index contributed by atoms with van der Waals surface area (Å²) in [6.07, 6.45) is 1.24. The number of carbonyl (C=O) groups is 1. The van der Waals surface area contributed by atoms with Crippen LogP contribution in [-0.4, -0.2) is 30.6 Å². The molecule has 0 bridgehead atoms. The van der Waals surface area contributed by atoms with E-state index in [-0.39, 0.29) is 5.78 Å². The minimum Gasteiger partial charge on any atom is -0.384 e. The van der Waals surface area contributed by atoms with Crippen LogP contribution in [0.2, 0.25) is 0 Å². The second-order valence-corrected chi connectivity index (χ2v) is 9.55. The maximum Gasteiger partial charge on any atom is 0.196 e. The quantitative estimate of drug-likeness (QED) is 0.481. The van der Waals surface area contributed by atoms with E-state index in [0.29, 0.717) is 34.6 Å². The molecular formula is C25H29N3O2. The van der Waals surface area contributed by atoms with E-state index in [1.54, 1.807) is 0 Å². The first-order chi connectivity index (χ1) is 14.4. The highest BCUT2D eigenvalue weighted by atomic mass is 16.5. The zero-order valence-corrected chi connectivity index (χ0v) is 18.2. The zero-order valence-electron chi connectivity index (χ0n) is 18.2. The monoisotopic (exact) mass is 403 g/mol. The first-order valence-corrected chi connectivity index (χ1v) is 11.0. The van der Waals surface area contributed by atoms with Crippen molar-refractivity contribution in [3.8, 4) is 11.3 Å². The Balaban J connectivity index is 1.75. The molecule has 5 nitrogen and oxygen atoms in total. The molecule has 1 fully saturated rings. The smallest absolute Gasteiger partial charge is 0.196 e. The van der Waals surface area contributed by atoms with E-state index in [0.717, 1.165) is 47.5 Å². The van der Waals surface area contributed by atoms with E-state index in [2.05, 4.69) is 49.1 Å². The molecule has 2 heterocycles. The maximum absolute atomic E-state index is 13.5.